The minimum Gasteiger partial charge on any atom is -0.214 e. The number of aromatic nitrogens is 2. The molecule has 1 aromatic carbocycles. The van der Waals surface area contributed by atoms with Gasteiger partial charge in [-0.25, -0.2) is 13.1 Å². The van der Waals surface area contributed by atoms with Gasteiger partial charge in [0.15, 0.2) is 0 Å². The molecule has 0 radical (unpaired) electrons. The normalized spacial score (nSPS) is 12.1. The summed E-state index contributed by atoms with van der Waals surface area (Å²) in [6, 6.07) is 4.66. The molecule has 7 heteroatoms. The zero-order valence-corrected chi connectivity index (χ0v) is 8.89. The second-order valence-corrected chi connectivity index (χ2v) is 5.04. The lowest BCUT2D eigenvalue weighted by Gasteiger charge is -2.00. The van der Waals surface area contributed by atoms with Crippen molar-refractivity contribution in [2.45, 2.75) is 4.90 Å². The highest BCUT2D eigenvalue weighted by atomic mass is 32.2. The zero-order chi connectivity index (χ0) is 10.2. The van der Waals surface area contributed by atoms with Crippen LogP contribution < -0.4 is 4.72 Å². The van der Waals surface area contributed by atoms with Gasteiger partial charge in [0.2, 0.25) is 10.0 Å². The Morgan fingerprint density at radius 2 is 2.00 bits per heavy atom. The van der Waals surface area contributed by atoms with Crippen LogP contribution in [0, 0.1) is 0 Å². The van der Waals surface area contributed by atoms with Crippen LogP contribution in [0.15, 0.2) is 23.1 Å². The number of hydrogen-bond donors (Lipinski definition) is 1. The maximum absolute atomic E-state index is 11.4. The molecular weight excluding hydrogens is 222 g/mol. The molecule has 0 saturated carbocycles. The molecule has 0 spiro atoms. The van der Waals surface area contributed by atoms with Crippen molar-refractivity contribution in [3.63, 3.8) is 0 Å². The van der Waals surface area contributed by atoms with Gasteiger partial charge in [-0.1, -0.05) is 0 Å². The largest absolute Gasteiger partial charge is 0.240 e. The molecule has 0 unspecified atom stereocenters. The van der Waals surface area contributed by atoms with Crippen LogP contribution in [0.5, 0.6) is 0 Å². The van der Waals surface area contributed by atoms with Crippen LogP contribution in [0.1, 0.15) is 0 Å². The van der Waals surface area contributed by atoms with Crippen molar-refractivity contribution in [1.82, 2.24) is 13.5 Å². The summed E-state index contributed by atoms with van der Waals surface area (Å²) in [7, 11) is -2.01. The van der Waals surface area contributed by atoms with Gasteiger partial charge < -0.3 is 0 Å². The molecule has 0 saturated heterocycles. The van der Waals surface area contributed by atoms with E-state index in [2.05, 4.69) is 13.5 Å². The van der Waals surface area contributed by atoms with Crippen molar-refractivity contribution in [2.24, 2.45) is 0 Å². The Balaban J connectivity index is 2.65. The average molecular weight is 229 g/mol. The maximum atomic E-state index is 11.4. The van der Waals surface area contributed by atoms with Crippen molar-refractivity contribution in [1.29, 1.82) is 0 Å². The van der Waals surface area contributed by atoms with E-state index in [9.17, 15) is 8.42 Å². The van der Waals surface area contributed by atoms with Crippen LogP contribution in [-0.4, -0.2) is 24.2 Å². The minimum atomic E-state index is -3.38. The fraction of sp³-hybridized carbons (Fsp3) is 0.143. The first kappa shape index (κ1) is 9.50. The van der Waals surface area contributed by atoms with Gasteiger partial charge in [0, 0.05) is 0 Å². The fourth-order valence-corrected chi connectivity index (χ4v) is 2.31. The summed E-state index contributed by atoms with van der Waals surface area (Å²) in [4.78, 5) is 0.209. The number of benzene rings is 1. The lowest BCUT2D eigenvalue weighted by Crippen LogP contribution is -2.18. The van der Waals surface area contributed by atoms with E-state index < -0.39 is 10.0 Å². The third-order valence-electron chi connectivity index (χ3n) is 1.80. The standard InChI is InChI=1S/C7H7N3O2S2/c1-8-14(11,12)5-2-3-6-7(4-5)10-13-9-6/h2-4,8H,1H3. The van der Waals surface area contributed by atoms with E-state index in [1.54, 1.807) is 6.07 Å². The second-order valence-electron chi connectivity index (χ2n) is 2.62. The maximum Gasteiger partial charge on any atom is 0.240 e. The molecule has 2 aromatic rings. The van der Waals surface area contributed by atoms with E-state index in [0.29, 0.717) is 11.0 Å². The Kier molecular flexibility index (Phi) is 2.22. The smallest absolute Gasteiger partial charge is 0.214 e. The van der Waals surface area contributed by atoms with Crippen LogP contribution in [0.3, 0.4) is 0 Å². The summed E-state index contributed by atoms with van der Waals surface area (Å²) in [6.07, 6.45) is 0. The number of nitrogens with zero attached hydrogens (tertiary/aromatic N) is 2. The van der Waals surface area contributed by atoms with E-state index in [0.717, 1.165) is 11.7 Å². The summed E-state index contributed by atoms with van der Waals surface area (Å²) in [5.74, 6) is 0. The van der Waals surface area contributed by atoms with Gasteiger partial charge in [-0.15, -0.1) is 0 Å². The predicted octanol–water partition coefficient (Wildman–Crippen LogP) is 0.599. The summed E-state index contributed by atoms with van der Waals surface area (Å²) in [6.45, 7) is 0. The van der Waals surface area contributed by atoms with Gasteiger partial charge in [0.25, 0.3) is 0 Å². The first-order valence-electron chi connectivity index (χ1n) is 3.79. The molecular formula is C7H7N3O2S2. The Bertz CT molecular complexity index is 561. The molecule has 14 heavy (non-hydrogen) atoms. The molecule has 1 aromatic heterocycles. The second kappa shape index (κ2) is 3.26. The van der Waals surface area contributed by atoms with E-state index in [4.69, 9.17) is 0 Å². The predicted molar refractivity (Wildman–Crippen MR) is 53.7 cm³/mol. The van der Waals surface area contributed by atoms with Crippen LogP contribution in [-0.2, 0) is 10.0 Å². The zero-order valence-electron chi connectivity index (χ0n) is 7.26. The highest BCUT2D eigenvalue weighted by molar-refractivity contribution is 7.89. The average Bonchev–Trinajstić information content (AvgIpc) is 2.64. The Hall–Kier alpha value is -1.05. The van der Waals surface area contributed by atoms with Gasteiger partial charge >= 0.3 is 0 Å². The van der Waals surface area contributed by atoms with Gasteiger partial charge in [-0.05, 0) is 25.2 Å². The first-order valence-corrected chi connectivity index (χ1v) is 6.01. The third kappa shape index (κ3) is 1.49. The molecule has 5 nitrogen and oxygen atoms in total. The lowest BCUT2D eigenvalue weighted by molar-refractivity contribution is 0.588. The first-order chi connectivity index (χ1) is 6.63. The molecule has 0 aliphatic carbocycles. The van der Waals surface area contributed by atoms with Crippen molar-refractivity contribution >= 4 is 32.8 Å². The topological polar surface area (TPSA) is 72.0 Å². The van der Waals surface area contributed by atoms with Gasteiger partial charge in [-0.2, -0.15) is 8.75 Å². The molecule has 0 bridgehead atoms. The fourth-order valence-electron chi connectivity index (χ4n) is 1.05. The van der Waals surface area contributed by atoms with Gasteiger partial charge in [-0.3, -0.25) is 0 Å². The Morgan fingerprint density at radius 3 is 2.71 bits per heavy atom. The number of fused-ring (bicyclic) bond motifs is 1. The summed E-state index contributed by atoms with van der Waals surface area (Å²) in [5.41, 5.74) is 1.32. The number of sulfonamides is 1. The van der Waals surface area contributed by atoms with Crippen molar-refractivity contribution in [3.05, 3.63) is 18.2 Å². The molecule has 2 rings (SSSR count). The molecule has 0 aliphatic rings. The monoisotopic (exact) mass is 229 g/mol. The van der Waals surface area contributed by atoms with Crippen LogP contribution in [0.25, 0.3) is 11.0 Å². The van der Waals surface area contributed by atoms with Crippen molar-refractivity contribution < 1.29 is 8.42 Å². The van der Waals surface area contributed by atoms with E-state index >= 15 is 0 Å². The number of hydrogen-bond acceptors (Lipinski definition) is 5. The molecule has 0 aliphatic heterocycles. The Labute approximate surface area is 85.2 Å². The van der Waals surface area contributed by atoms with E-state index in [-0.39, 0.29) is 4.90 Å². The van der Waals surface area contributed by atoms with Crippen LogP contribution in [0.2, 0.25) is 0 Å². The number of nitrogens with one attached hydrogen (secondary N) is 1. The summed E-state index contributed by atoms with van der Waals surface area (Å²) in [5, 5.41) is 0. The summed E-state index contributed by atoms with van der Waals surface area (Å²) >= 11 is 1.06. The van der Waals surface area contributed by atoms with Gasteiger partial charge in [0.1, 0.15) is 11.0 Å². The van der Waals surface area contributed by atoms with Crippen LogP contribution in [0.4, 0.5) is 0 Å². The highest BCUT2D eigenvalue weighted by Gasteiger charge is 2.12. The molecule has 74 valence electrons. The Morgan fingerprint density at radius 1 is 1.29 bits per heavy atom. The molecule has 1 N–H and O–H groups in total. The molecule has 0 atom stereocenters. The molecule has 0 amide bonds. The quantitative estimate of drug-likeness (QED) is 0.818. The van der Waals surface area contributed by atoms with Crippen molar-refractivity contribution in [3.8, 4) is 0 Å². The third-order valence-corrected chi connectivity index (χ3v) is 3.77. The van der Waals surface area contributed by atoms with Gasteiger partial charge in [0.05, 0.1) is 16.6 Å². The van der Waals surface area contributed by atoms with E-state index in [1.165, 1.54) is 19.2 Å². The highest BCUT2D eigenvalue weighted by Crippen LogP contribution is 2.16. The van der Waals surface area contributed by atoms with E-state index in [1.807, 2.05) is 0 Å². The van der Waals surface area contributed by atoms with Crippen molar-refractivity contribution in [2.75, 3.05) is 7.05 Å². The SMILES string of the molecule is CNS(=O)(=O)c1ccc2nsnc2c1. The minimum absolute atomic E-state index is 0.209. The molecule has 1 heterocycles. The molecule has 0 fully saturated rings. The van der Waals surface area contributed by atoms with Crippen LogP contribution >= 0.6 is 11.7 Å². The lowest BCUT2D eigenvalue weighted by atomic mass is 10.3. The number of rotatable bonds is 2. The summed E-state index contributed by atoms with van der Waals surface area (Å²) < 4.78 is 33.0.